The molecular formula is C35H58O8P2. The molecule has 2 aromatic carbocycles. The van der Waals surface area contributed by atoms with E-state index < -0.39 is 35.3 Å². The number of hydrogen-bond donors (Lipinski definition) is 5. The summed E-state index contributed by atoms with van der Waals surface area (Å²) in [7, 11) is -5.60. The molecule has 0 saturated carbocycles. The number of aryl methyl sites for hydroxylation is 2. The molecular weight excluding hydrogens is 610 g/mol. The van der Waals surface area contributed by atoms with Gasteiger partial charge < -0.3 is 38.5 Å². The topological polar surface area (TPSA) is 129 Å². The number of aliphatic hydroxyl groups is 1. The minimum absolute atomic E-state index is 0.193. The summed E-state index contributed by atoms with van der Waals surface area (Å²) < 4.78 is 18.0. The Morgan fingerprint density at radius 2 is 0.956 bits per heavy atom. The van der Waals surface area contributed by atoms with Crippen LogP contribution < -0.4 is 4.74 Å². The molecule has 0 amide bonds. The van der Waals surface area contributed by atoms with Crippen LogP contribution in [0.1, 0.15) is 128 Å². The van der Waals surface area contributed by atoms with Gasteiger partial charge in [0.25, 0.3) is 0 Å². The van der Waals surface area contributed by atoms with Gasteiger partial charge in [0.1, 0.15) is 11.9 Å². The van der Waals surface area contributed by atoms with Crippen LogP contribution in [0.4, 0.5) is 0 Å². The molecule has 0 aromatic heterocycles. The lowest BCUT2D eigenvalue weighted by atomic mass is 9.71. The summed E-state index contributed by atoms with van der Waals surface area (Å²) in [5.41, 5.74) is 4.56. The average Bonchev–Trinajstić information content (AvgIpc) is 2.86. The predicted octanol–water partition coefficient (Wildman–Crippen LogP) is 8.05. The fraction of sp³-hybridized carbons (Fsp3) is 0.657. The van der Waals surface area contributed by atoms with Gasteiger partial charge in [-0.25, -0.2) is 0 Å². The van der Waals surface area contributed by atoms with Crippen LogP contribution in [0, 0.1) is 19.3 Å². The zero-order chi connectivity index (χ0) is 34.9. The van der Waals surface area contributed by atoms with Crippen molar-refractivity contribution in [2.45, 2.75) is 125 Å². The van der Waals surface area contributed by atoms with Crippen molar-refractivity contribution in [3.05, 3.63) is 63.2 Å². The number of hydrogen-bond acceptors (Lipinski definition) is 8. The highest BCUT2D eigenvalue weighted by Crippen LogP contribution is 2.49. The van der Waals surface area contributed by atoms with Gasteiger partial charge >= 0.3 is 17.2 Å². The first-order valence-electron chi connectivity index (χ1n) is 15.4. The van der Waals surface area contributed by atoms with Crippen LogP contribution in [0.2, 0.25) is 0 Å². The molecule has 0 saturated heterocycles. The molecule has 0 aliphatic rings. The lowest BCUT2D eigenvalue weighted by Gasteiger charge is -2.42. The van der Waals surface area contributed by atoms with E-state index in [1.54, 1.807) is 0 Å². The van der Waals surface area contributed by atoms with Crippen LogP contribution in [0.3, 0.4) is 0 Å². The SMILES string of the molecule is Cc1cc(C(C)(C)C)c(OC(c2cc(C(C)(C)C)c(C)cc2C(C)(C)C)C(CO)(COP(O)O)COP(O)O)cc1C(C)(C)C. The molecule has 1 unspecified atom stereocenters. The third-order valence-electron chi connectivity index (χ3n) is 8.29. The molecule has 45 heavy (non-hydrogen) atoms. The summed E-state index contributed by atoms with van der Waals surface area (Å²) >= 11 is 0. The molecule has 0 bridgehead atoms. The van der Waals surface area contributed by atoms with Crippen LogP contribution in [0.15, 0.2) is 24.3 Å². The smallest absolute Gasteiger partial charge is 0.327 e. The molecule has 0 heterocycles. The van der Waals surface area contributed by atoms with Crippen molar-refractivity contribution in [2.75, 3.05) is 19.8 Å². The lowest BCUT2D eigenvalue weighted by Crippen LogP contribution is -2.45. The summed E-state index contributed by atoms with van der Waals surface area (Å²) in [5.74, 6) is 0.615. The molecule has 1 atom stereocenters. The lowest BCUT2D eigenvalue weighted by molar-refractivity contribution is -0.0664. The predicted molar refractivity (Wildman–Crippen MR) is 185 cm³/mol. The Kier molecular flexibility index (Phi) is 12.9. The highest BCUT2D eigenvalue weighted by molar-refractivity contribution is 7.39. The molecule has 2 rings (SSSR count). The molecule has 0 aliphatic heterocycles. The number of aliphatic hydroxyl groups excluding tert-OH is 1. The Balaban J connectivity index is 3.17. The van der Waals surface area contributed by atoms with Crippen LogP contribution in [-0.2, 0) is 30.7 Å². The second-order valence-corrected chi connectivity index (χ2v) is 18.0. The first-order chi connectivity index (χ1) is 20.2. The van der Waals surface area contributed by atoms with Crippen molar-refractivity contribution in [2.24, 2.45) is 5.41 Å². The maximum atomic E-state index is 11.2. The van der Waals surface area contributed by atoms with Crippen LogP contribution >= 0.6 is 17.2 Å². The van der Waals surface area contributed by atoms with Crippen LogP contribution in [-0.4, -0.2) is 44.5 Å². The fourth-order valence-corrected chi connectivity index (χ4v) is 6.71. The van der Waals surface area contributed by atoms with Gasteiger partial charge in [-0.1, -0.05) is 101 Å². The summed E-state index contributed by atoms with van der Waals surface area (Å²) in [6.07, 6.45) is -0.972. The van der Waals surface area contributed by atoms with E-state index in [0.29, 0.717) is 5.75 Å². The summed E-state index contributed by atoms with van der Waals surface area (Å²) in [6, 6.07) is 8.50. The Hall–Kier alpha value is -1.18. The maximum Gasteiger partial charge on any atom is 0.327 e. The largest absolute Gasteiger partial charge is 0.485 e. The Labute approximate surface area is 274 Å². The maximum absolute atomic E-state index is 11.2. The Bertz CT molecular complexity index is 1280. The quantitative estimate of drug-likeness (QED) is 0.152. The van der Waals surface area contributed by atoms with E-state index in [4.69, 9.17) is 13.8 Å². The first kappa shape index (κ1) is 40.0. The van der Waals surface area contributed by atoms with E-state index in [9.17, 15) is 24.7 Å². The van der Waals surface area contributed by atoms with Gasteiger partial charge in [0.2, 0.25) is 0 Å². The van der Waals surface area contributed by atoms with E-state index in [-0.39, 0.29) is 34.9 Å². The van der Waals surface area contributed by atoms with Gasteiger partial charge in [-0.15, -0.1) is 0 Å². The van der Waals surface area contributed by atoms with E-state index in [2.05, 4.69) is 121 Å². The van der Waals surface area contributed by atoms with Crippen LogP contribution in [0.5, 0.6) is 5.75 Å². The zero-order valence-corrected chi connectivity index (χ0v) is 31.7. The van der Waals surface area contributed by atoms with Crippen LogP contribution in [0.25, 0.3) is 0 Å². The van der Waals surface area contributed by atoms with Crippen molar-refractivity contribution < 1.29 is 38.5 Å². The molecule has 256 valence electrons. The van der Waals surface area contributed by atoms with Crippen molar-refractivity contribution in [1.82, 2.24) is 0 Å². The molecule has 0 aliphatic carbocycles. The number of benzene rings is 2. The highest BCUT2D eigenvalue weighted by Gasteiger charge is 2.46. The van der Waals surface area contributed by atoms with E-state index in [1.807, 2.05) is 0 Å². The van der Waals surface area contributed by atoms with Gasteiger partial charge in [-0.05, 0) is 80.5 Å². The third-order valence-corrected chi connectivity index (χ3v) is 9.01. The number of rotatable bonds is 11. The van der Waals surface area contributed by atoms with Gasteiger partial charge in [-0.2, -0.15) is 0 Å². The minimum Gasteiger partial charge on any atom is -0.485 e. The minimum atomic E-state index is -2.80. The molecule has 0 radical (unpaired) electrons. The summed E-state index contributed by atoms with van der Waals surface area (Å²) in [6.45, 7) is 28.4. The molecule has 2 aromatic rings. The van der Waals surface area contributed by atoms with Crippen molar-refractivity contribution in [3.8, 4) is 5.75 Å². The normalized spacial score (nSPS) is 14.4. The monoisotopic (exact) mass is 668 g/mol. The highest BCUT2D eigenvalue weighted by atomic mass is 31.2. The molecule has 0 spiro atoms. The molecule has 0 fully saturated rings. The van der Waals surface area contributed by atoms with E-state index in [0.717, 1.165) is 38.9 Å². The van der Waals surface area contributed by atoms with Gasteiger partial charge in [-0.3, -0.25) is 0 Å². The van der Waals surface area contributed by atoms with Crippen molar-refractivity contribution >= 4 is 17.2 Å². The van der Waals surface area contributed by atoms with Gasteiger partial charge in [0.15, 0.2) is 0 Å². The second-order valence-electron chi connectivity index (χ2n) is 16.5. The van der Waals surface area contributed by atoms with Gasteiger partial charge in [0, 0.05) is 0 Å². The fourth-order valence-electron chi connectivity index (χ4n) is 5.96. The number of ether oxygens (including phenoxy) is 1. The first-order valence-corrected chi connectivity index (χ1v) is 17.8. The summed E-state index contributed by atoms with van der Waals surface area (Å²) in [4.78, 5) is 39.4. The van der Waals surface area contributed by atoms with E-state index >= 15 is 0 Å². The average molecular weight is 669 g/mol. The van der Waals surface area contributed by atoms with Gasteiger partial charge in [0.05, 0.1) is 25.2 Å². The zero-order valence-electron chi connectivity index (χ0n) is 29.9. The second kappa shape index (κ2) is 14.5. The Morgan fingerprint density at radius 3 is 1.31 bits per heavy atom. The van der Waals surface area contributed by atoms with Crippen molar-refractivity contribution in [1.29, 1.82) is 0 Å². The van der Waals surface area contributed by atoms with E-state index in [1.165, 1.54) is 0 Å². The van der Waals surface area contributed by atoms with Crippen molar-refractivity contribution in [3.63, 3.8) is 0 Å². The Morgan fingerprint density at radius 1 is 0.578 bits per heavy atom. The molecule has 10 heteroatoms. The molecule has 8 nitrogen and oxygen atoms in total. The standard InChI is InChI=1S/C35H58O8P2/c1-22-15-27(33(9,10)11)24(17-25(22)31(3,4)5)30(35(19-36,20-41-44(37)38)21-42-45(39)40)43-29-18-26(32(6,7)8)23(2)16-28(29)34(12,13)14/h15-18,30,36-40H,19-21H2,1-14H3. The molecule has 5 N–H and O–H groups in total. The summed E-state index contributed by atoms with van der Waals surface area (Å²) in [5, 5.41) is 11.2. The third kappa shape index (κ3) is 10.2.